The summed E-state index contributed by atoms with van der Waals surface area (Å²) in [5.41, 5.74) is -0.951. The van der Waals surface area contributed by atoms with Gasteiger partial charge in [-0.1, -0.05) is 95.3 Å². The zero-order valence-electron chi connectivity index (χ0n) is 26.8. The van der Waals surface area contributed by atoms with E-state index in [2.05, 4.69) is 117 Å². The Balaban J connectivity index is 1.51. The van der Waals surface area contributed by atoms with E-state index < -0.39 is 13.9 Å². The lowest BCUT2D eigenvalue weighted by atomic mass is 9.92. The van der Waals surface area contributed by atoms with Crippen molar-refractivity contribution in [1.29, 1.82) is 0 Å². The van der Waals surface area contributed by atoms with Crippen molar-refractivity contribution in [1.82, 2.24) is 15.1 Å². The zero-order valence-corrected chi connectivity index (χ0v) is 28.6. The number of nitrogens with zero attached hydrogens (tertiary/aromatic N) is 3. The zero-order chi connectivity index (χ0) is 30.6. The van der Waals surface area contributed by atoms with Crippen molar-refractivity contribution in [3.8, 4) is 0 Å². The summed E-state index contributed by atoms with van der Waals surface area (Å²) < 4.78 is 12.7. The second-order valence-electron chi connectivity index (χ2n) is 13.9. The third-order valence-electron chi connectivity index (χ3n) is 8.93. The lowest BCUT2D eigenvalue weighted by molar-refractivity contribution is -0.128. The highest BCUT2D eigenvalue weighted by Crippen LogP contribution is 2.38. The molecule has 228 valence electrons. The summed E-state index contributed by atoms with van der Waals surface area (Å²) >= 11 is 1.54. The van der Waals surface area contributed by atoms with Gasteiger partial charge in [-0.05, 0) is 55.1 Å². The summed E-state index contributed by atoms with van der Waals surface area (Å²) in [6, 6.07) is 21.4. The molecule has 4 rings (SSSR count). The molecule has 1 fully saturated rings. The highest BCUT2D eigenvalue weighted by Gasteiger charge is 2.51. The minimum Gasteiger partial charge on any atom is -0.406 e. The highest BCUT2D eigenvalue weighted by atomic mass is 32.1. The maximum absolute atomic E-state index is 13.5. The van der Waals surface area contributed by atoms with Crippen LogP contribution in [0.25, 0.3) is 0 Å². The Bertz CT molecular complexity index is 1260. The average Bonchev–Trinajstić information content (AvgIpc) is 3.44. The van der Waals surface area contributed by atoms with Gasteiger partial charge in [0.05, 0.1) is 12.0 Å². The van der Waals surface area contributed by atoms with E-state index in [0.717, 1.165) is 42.6 Å². The molecule has 0 saturated carbocycles. The van der Waals surface area contributed by atoms with Crippen LogP contribution in [0.15, 0.2) is 60.7 Å². The maximum atomic E-state index is 13.5. The molecule has 0 amide bonds. The SMILES string of the molecule is CN(CC1CCOCC1)C(C)(C)C(=O)Cc1nnc(C(C)(C)CO[Si](c2ccccc2)(c2ccccc2)C(C)(C)C)s1. The first-order chi connectivity index (χ1) is 19.8. The molecule has 0 atom stereocenters. The molecule has 3 aromatic rings. The lowest BCUT2D eigenvalue weighted by Crippen LogP contribution is -2.67. The Labute approximate surface area is 258 Å². The maximum Gasteiger partial charge on any atom is 0.261 e. The van der Waals surface area contributed by atoms with E-state index in [0.29, 0.717) is 12.5 Å². The Morgan fingerprint density at radius 2 is 1.48 bits per heavy atom. The number of ether oxygens (including phenoxy) is 1. The van der Waals surface area contributed by atoms with Crippen LogP contribution in [-0.4, -0.2) is 68.1 Å². The minimum absolute atomic E-state index is 0.104. The van der Waals surface area contributed by atoms with Gasteiger partial charge in [0, 0.05) is 31.8 Å². The number of benzene rings is 2. The van der Waals surface area contributed by atoms with E-state index in [1.54, 1.807) is 0 Å². The van der Waals surface area contributed by atoms with Crippen molar-refractivity contribution in [2.24, 2.45) is 5.92 Å². The van der Waals surface area contributed by atoms with Crippen molar-refractivity contribution < 1.29 is 14.0 Å². The van der Waals surface area contributed by atoms with Crippen molar-refractivity contribution in [2.45, 2.75) is 83.7 Å². The average molecular weight is 608 g/mol. The molecular weight excluding hydrogens is 559 g/mol. The van der Waals surface area contributed by atoms with Crippen LogP contribution in [-0.2, 0) is 25.8 Å². The van der Waals surface area contributed by atoms with Crippen LogP contribution in [0.1, 0.15) is 71.3 Å². The topological polar surface area (TPSA) is 64.5 Å². The van der Waals surface area contributed by atoms with Crippen LogP contribution in [0.4, 0.5) is 0 Å². The Hall–Kier alpha value is -2.23. The van der Waals surface area contributed by atoms with Gasteiger partial charge in [-0.2, -0.15) is 0 Å². The van der Waals surface area contributed by atoms with Crippen molar-refractivity contribution in [3.63, 3.8) is 0 Å². The second-order valence-corrected chi connectivity index (χ2v) is 19.3. The van der Waals surface area contributed by atoms with E-state index >= 15 is 0 Å². The second kappa shape index (κ2) is 13.2. The summed E-state index contributed by atoms with van der Waals surface area (Å²) in [7, 11) is -0.619. The molecule has 1 saturated heterocycles. The molecule has 0 N–H and O–H groups in total. The molecule has 0 radical (unpaired) electrons. The first-order valence-electron chi connectivity index (χ1n) is 15.2. The predicted octanol–water partition coefficient (Wildman–Crippen LogP) is 5.64. The number of carbonyl (C=O) groups excluding carboxylic acids is 1. The number of aromatic nitrogens is 2. The smallest absolute Gasteiger partial charge is 0.261 e. The first kappa shape index (κ1) is 32.7. The fraction of sp³-hybridized carbons (Fsp3) is 0.559. The van der Waals surface area contributed by atoms with Gasteiger partial charge in [-0.3, -0.25) is 9.69 Å². The summed E-state index contributed by atoms with van der Waals surface area (Å²) in [5, 5.41) is 13.2. The van der Waals surface area contributed by atoms with E-state index in [1.807, 2.05) is 13.8 Å². The number of likely N-dealkylation sites (N-methyl/N-ethyl adjacent to an activating group) is 1. The van der Waals surface area contributed by atoms with E-state index in [1.165, 1.54) is 21.7 Å². The summed E-state index contributed by atoms with van der Waals surface area (Å²) in [4.78, 5) is 15.7. The van der Waals surface area contributed by atoms with E-state index in [4.69, 9.17) is 9.16 Å². The van der Waals surface area contributed by atoms with Crippen LogP contribution >= 0.6 is 11.3 Å². The van der Waals surface area contributed by atoms with Gasteiger partial charge in [0.25, 0.3) is 8.32 Å². The molecule has 1 aliphatic rings. The van der Waals surface area contributed by atoms with Gasteiger partial charge in [0.15, 0.2) is 5.78 Å². The van der Waals surface area contributed by atoms with Crippen LogP contribution < -0.4 is 10.4 Å². The molecule has 6 nitrogen and oxygen atoms in total. The van der Waals surface area contributed by atoms with Crippen molar-refractivity contribution >= 4 is 35.8 Å². The lowest BCUT2D eigenvalue weighted by Gasteiger charge is -2.44. The molecule has 2 heterocycles. The largest absolute Gasteiger partial charge is 0.406 e. The van der Waals surface area contributed by atoms with Gasteiger partial charge >= 0.3 is 0 Å². The fourth-order valence-corrected chi connectivity index (χ4v) is 11.5. The quantitative estimate of drug-likeness (QED) is 0.248. The molecule has 0 unspecified atom stereocenters. The van der Waals surface area contributed by atoms with Crippen LogP contribution in [0, 0.1) is 5.92 Å². The van der Waals surface area contributed by atoms with E-state index in [9.17, 15) is 4.79 Å². The van der Waals surface area contributed by atoms with Gasteiger partial charge in [0.2, 0.25) is 0 Å². The summed E-state index contributed by atoms with van der Waals surface area (Å²) in [6.45, 7) is 18.3. The molecule has 42 heavy (non-hydrogen) atoms. The first-order valence-corrected chi connectivity index (χ1v) is 17.9. The fourth-order valence-electron chi connectivity index (χ4n) is 5.82. The molecule has 0 aliphatic carbocycles. The number of rotatable bonds is 12. The number of ketones is 1. The summed E-state index contributed by atoms with van der Waals surface area (Å²) in [5.74, 6) is 0.737. The number of Topliss-reactive ketones (excluding diaryl/α,β-unsaturated/α-hetero) is 1. The van der Waals surface area contributed by atoms with E-state index in [-0.39, 0.29) is 22.7 Å². The molecular formula is C34H49N3O3SSi. The van der Waals surface area contributed by atoms with Crippen LogP contribution in [0.3, 0.4) is 0 Å². The Kier molecular flexibility index (Phi) is 10.3. The molecule has 1 aromatic heterocycles. The van der Waals surface area contributed by atoms with Gasteiger partial charge in [-0.25, -0.2) is 0 Å². The number of carbonyl (C=O) groups is 1. The molecule has 1 aliphatic heterocycles. The predicted molar refractivity (Wildman–Crippen MR) is 175 cm³/mol. The minimum atomic E-state index is -2.68. The molecule has 0 spiro atoms. The number of hydrogen-bond acceptors (Lipinski definition) is 7. The Morgan fingerprint density at radius 3 is 2.00 bits per heavy atom. The standard InChI is InChI=1S/C34H49N3O3SSi/c1-32(2,3)42(27-15-11-9-12-16-27,28-17-13-10-14-18-28)40-25-33(4,5)31-36-35-30(41-31)23-29(38)34(6,7)37(8)24-26-19-21-39-22-20-26/h9-18,26H,19-25H2,1-8H3. The monoisotopic (exact) mass is 607 g/mol. The molecule has 2 aromatic carbocycles. The summed E-state index contributed by atoms with van der Waals surface area (Å²) in [6.07, 6.45) is 2.40. The van der Waals surface area contributed by atoms with Crippen LogP contribution in [0.2, 0.25) is 5.04 Å². The normalized spacial score (nSPS) is 15.7. The van der Waals surface area contributed by atoms with Crippen molar-refractivity contribution in [3.05, 3.63) is 70.7 Å². The van der Waals surface area contributed by atoms with Gasteiger partial charge in [-0.15, -0.1) is 21.5 Å². The van der Waals surface area contributed by atoms with Crippen LogP contribution in [0.5, 0.6) is 0 Å². The number of hydrogen-bond donors (Lipinski definition) is 0. The third kappa shape index (κ3) is 7.11. The Morgan fingerprint density at radius 1 is 0.929 bits per heavy atom. The molecule has 8 heteroatoms. The van der Waals surface area contributed by atoms with Gasteiger partial charge in [0.1, 0.15) is 10.0 Å². The highest BCUT2D eigenvalue weighted by molar-refractivity contribution is 7.11. The molecule has 0 bridgehead atoms. The van der Waals surface area contributed by atoms with Gasteiger partial charge < -0.3 is 9.16 Å². The van der Waals surface area contributed by atoms with Crippen molar-refractivity contribution in [2.75, 3.05) is 33.4 Å². The third-order valence-corrected chi connectivity index (χ3v) is 15.2.